The first-order chi connectivity index (χ1) is 11.9. The normalized spacial score (nSPS) is 15.7. The van der Waals surface area contributed by atoms with Crippen LogP contribution in [-0.2, 0) is 0 Å². The Labute approximate surface area is 152 Å². The van der Waals surface area contributed by atoms with Gasteiger partial charge in [-0.2, -0.15) is 0 Å². The lowest BCUT2D eigenvalue weighted by molar-refractivity contribution is 0.204. The average molecular weight is 378 g/mol. The third kappa shape index (κ3) is 4.77. The second-order valence-electron chi connectivity index (χ2n) is 6.88. The summed E-state index contributed by atoms with van der Waals surface area (Å²) in [7, 11) is -1.48. The van der Waals surface area contributed by atoms with E-state index >= 15 is 0 Å². The Kier molecular flexibility index (Phi) is 5.35. The monoisotopic (exact) mass is 377 g/mol. The Balaban J connectivity index is 1.59. The summed E-state index contributed by atoms with van der Waals surface area (Å²) < 4.78 is 5.79. The molecule has 3 rings (SSSR count). The van der Waals surface area contributed by atoms with Crippen molar-refractivity contribution in [1.29, 1.82) is 0 Å². The van der Waals surface area contributed by atoms with Gasteiger partial charge in [-0.1, -0.05) is 31.0 Å². The van der Waals surface area contributed by atoms with Crippen LogP contribution >= 0.6 is 11.3 Å². The molecule has 1 aliphatic heterocycles. The molecule has 2 amide bonds. The molecule has 2 aromatic rings. The summed E-state index contributed by atoms with van der Waals surface area (Å²) >= 11 is 1.42. The van der Waals surface area contributed by atoms with E-state index in [1.807, 2.05) is 18.3 Å². The molecule has 0 aromatic carbocycles. The number of carbonyl (C=O) groups excluding carboxylic acids is 1. The van der Waals surface area contributed by atoms with E-state index in [0.29, 0.717) is 24.1 Å². The van der Waals surface area contributed by atoms with E-state index in [9.17, 15) is 4.79 Å². The van der Waals surface area contributed by atoms with E-state index in [1.165, 1.54) is 11.3 Å². The highest BCUT2D eigenvalue weighted by Crippen LogP contribution is 2.20. The number of nitrogens with zero attached hydrogens (tertiary/aromatic N) is 3. The summed E-state index contributed by atoms with van der Waals surface area (Å²) in [5.41, 5.74) is 0. The van der Waals surface area contributed by atoms with Gasteiger partial charge in [-0.3, -0.25) is 5.32 Å². The molecular formula is C16H23N5O2SSi. The maximum Gasteiger partial charge on any atom is 0.323 e. The van der Waals surface area contributed by atoms with Crippen molar-refractivity contribution in [2.24, 2.45) is 0 Å². The first-order valence-electron chi connectivity index (χ1n) is 8.29. The molecule has 0 aliphatic carbocycles. The number of nitrogens with one attached hydrogen (secondary N) is 2. The SMILES string of the molecule is C[Si](C)(C)c1cnc(/C=C/c2cnc(NC(=O)N3CCNCC3)s2)o1. The molecular weight excluding hydrogens is 354 g/mol. The third-order valence-corrected chi connectivity index (χ3v) is 6.38. The number of hydrogen-bond acceptors (Lipinski definition) is 6. The van der Waals surface area contributed by atoms with E-state index in [0.717, 1.165) is 23.4 Å². The number of anilines is 1. The first-order valence-corrected chi connectivity index (χ1v) is 12.6. The standard InChI is InChI=1S/C16H23N5O2SSi/c1-25(2,3)14-11-18-13(23-14)5-4-12-10-19-15(24-12)20-16(22)21-8-6-17-7-9-21/h4-5,10-11,17H,6-9H2,1-3H3,(H,19,20,22)/b5-4+. The largest absolute Gasteiger partial charge is 0.447 e. The topological polar surface area (TPSA) is 83.3 Å². The molecule has 7 nitrogen and oxygen atoms in total. The van der Waals surface area contributed by atoms with Crippen LogP contribution in [0.5, 0.6) is 0 Å². The highest BCUT2D eigenvalue weighted by molar-refractivity contribution is 7.16. The number of urea groups is 1. The van der Waals surface area contributed by atoms with Gasteiger partial charge >= 0.3 is 6.03 Å². The fourth-order valence-electron chi connectivity index (χ4n) is 2.32. The average Bonchev–Trinajstić information content (AvgIpc) is 3.22. The van der Waals surface area contributed by atoms with Crippen LogP contribution < -0.4 is 16.0 Å². The molecule has 0 atom stereocenters. The molecule has 0 bridgehead atoms. The third-order valence-electron chi connectivity index (χ3n) is 3.79. The Morgan fingerprint density at radius 3 is 2.72 bits per heavy atom. The molecule has 0 radical (unpaired) electrons. The van der Waals surface area contributed by atoms with Crippen molar-refractivity contribution >= 4 is 48.1 Å². The van der Waals surface area contributed by atoms with Gasteiger partial charge in [0.2, 0.25) is 5.89 Å². The minimum Gasteiger partial charge on any atom is -0.447 e. The maximum absolute atomic E-state index is 12.2. The zero-order chi connectivity index (χ0) is 17.9. The molecule has 9 heteroatoms. The number of hydrogen-bond donors (Lipinski definition) is 2. The zero-order valence-corrected chi connectivity index (χ0v) is 16.5. The lowest BCUT2D eigenvalue weighted by Gasteiger charge is -2.26. The lowest BCUT2D eigenvalue weighted by Crippen LogP contribution is -2.48. The number of amides is 2. The number of aromatic nitrogens is 2. The van der Waals surface area contributed by atoms with E-state index in [-0.39, 0.29) is 6.03 Å². The zero-order valence-electron chi connectivity index (χ0n) is 14.7. The second-order valence-corrected chi connectivity index (χ2v) is 12.9. The molecule has 134 valence electrons. The molecule has 25 heavy (non-hydrogen) atoms. The number of thiazole rings is 1. The molecule has 2 aromatic heterocycles. The Morgan fingerprint density at radius 2 is 2.04 bits per heavy atom. The molecule has 0 unspecified atom stereocenters. The number of carbonyl (C=O) groups is 1. The minimum atomic E-state index is -1.48. The smallest absolute Gasteiger partial charge is 0.323 e. The van der Waals surface area contributed by atoms with Gasteiger partial charge in [0.1, 0.15) is 13.5 Å². The van der Waals surface area contributed by atoms with Crippen LogP contribution in [0.2, 0.25) is 19.6 Å². The van der Waals surface area contributed by atoms with Gasteiger partial charge in [0.05, 0.1) is 6.20 Å². The van der Waals surface area contributed by atoms with Crippen molar-refractivity contribution in [1.82, 2.24) is 20.2 Å². The number of rotatable bonds is 4. The fraction of sp³-hybridized carbons (Fsp3) is 0.438. The van der Waals surface area contributed by atoms with Crippen LogP contribution in [0.25, 0.3) is 12.2 Å². The van der Waals surface area contributed by atoms with Crippen molar-refractivity contribution in [3.8, 4) is 0 Å². The maximum atomic E-state index is 12.2. The van der Waals surface area contributed by atoms with Crippen LogP contribution in [0, 0.1) is 0 Å². The van der Waals surface area contributed by atoms with E-state index in [4.69, 9.17) is 4.42 Å². The van der Waals surface area contributed by atoms with Crippen molar-refractivity contribution in [2.45, 2.75) is 19.6 Å². The van der Waals surface area contributed by atoms with Crippen LogP contribution in [0.1, 0.15) is 10.8 Å². The van der Waals surface area contributed by atoms with Gasteiger partial charge in [0.25, 0.3) is 0 Å². The van der Waals surface area contributed by atoms with Crippen LogP contribution in [0.3, 0.4) is 0 Å². The Bertz CT molecular complexity index is 759. The van der Waals surface area contributed by atoms with Crippen molar-refractivity contribution in [3.05, 3.63) is 23.2 Å². The molecule has 0 spiro atoms. The molecule has 1 aliphatic rings. The Morgan fingerprint density at radius 1 is 1.28 bits per heavy atom. The van der Waals surface area contributed by atoms with Gasteiger partial charge in [0.15, 0.2) is 5.13 Å². The van der Waals surface area contributed by atoms with Crippen molar-refractivity contribution in [2.75, 3.05) is 31.5 Å². The summed E-state index contributed by atoms with van der Waals surface area (Å²) in [6.07, 6.45) is 7.28. The highest BCUT2D eigenvalue weighted by Gasteiger charge is 2.21. The van der Waals surface area contributed by atoms with Gasteiger partial charge in [-0.05, 0) is 6.08 Å². The molecule has 0 saturated carbocycles. The summed E-state index contributed by atoms with van der Waals surface area (Å²) in [6, 6.07) is -0.0983. The van der Waals surface area contributed by atoms with E-state index in [2.05, 4.69) is 40.2 Å². The van der Waals surface area contributed by atoms with Gasteiger partial charge < -0.3 is 14.6 Å². The quantitative estimate of drug-likeness (QED) is 0.799. The van der Waals surface area contributed by atoms with Gasteiger partial charge in [-0.15, -0.1) is 0 Å². The molecule has 2 N–H and O–H groups in total. The lowest BCUT2D eigenvalue weighted by atomic mass is 10.4. The molecule has 3 heterocycles. The minimum absolute atomic E-state index is 0.0983. The predicted molar refractivity (Wildman–Crippen MR) is 104 cm³/mol. The van der Waals surface area contributed by atoms with E-state index < -0.39 is 8.07 Å². The molecule has 1 saturated heterocycles. The highest BCUT2D eigenvalue weighted by atomic mass is 32.1. The Hall–Kier alpha value is -1.97. The number of piperazine rings is 1. The number of oxazole rings is 1. The summed E-state index contributed by atoms with van der Waals surface area (Å²) in [6.45, 7) is 9.75. The fourth-order valence-corrected chi connectivity index (χ4v) is 3.90. The molecule has 1 fully saturated rings. The summed E-state index contributed by atoms with van der Waals surface area (Å²) in [5, 5.41) is 7.66. The first kappa shape index (κ1) is 17.8. The van der Waals surface area contributed by atoms with E-state index in [1.54, 1.807) is 11.1 Å². The summed E-state index contributed by atoms with van der Waals surface area (Å²) in [4.78, 5) is 23.4. The van der Waals surface area contributed by atoms with Gasteiger partial charge in [0, 0.05) is 43.3 Å². The second kappa shape index (κ2) is 7.50. The van der Waals surface area contributed by atoms with Gasteiger partial charge in [-0.25, -0.2) is 14.8 Å². The van der Waals surface area contributed by atoms with Crippen molar-refractivity contribution in [3.63, 3.8) is 0 Å². The van der Waals surface area contributed by atoms with Crippen LogP contribution in [0.4, 0.5) is 9.93 Å². The van der Waals surface area contributed by atoms with Crippen LogP contribution in [-0.4, -0.2) is 55.2 Å². The summed E-state index contributed by atoms with van der Waals surface area (Å²) in [5.74, 6) is 0.595. The van der Waals surface area contributed by atoms with Crippen LogP contribution in [0.15, 0.2) is 16.8 Å². The predicted octanol–water partition coefficient (Wildman–Crippen LogP) is 2.28. The van der Waals surface area contributed by atoms with Crippen molar-refractivity contribution < 1.29 is 9.21 Å².